The van der Waals surface area contributed by atoms with Gasteiger partial charge in [-0.05, 0) is 30.7 Å². The van der Waals surface area contributed by atoms with Gasteiger partial charge in [-0.25, -0.2) is 0 Å². The standard InChI is InChI=1S/C25H22N4O6/c1-16(17-7-3-2-4-8-17)26-25(32)19-9-5-6-10-20(19)27-23(30)14-28-21-13-18(29(33)34)11-12-22(21)35-15-24(28)31/h2-13,16H,14-15H2,1H3,(H,26,32)(H,27,30). The number of hydrogen-bond donors (Lipinski definition) is 2. The van der Waals surface area contributed by atoms with Crippen LogP contribution in [0.5, 0.6) is 5.75 Å². The fourth-order valence-corrected chi connectivity index (χ4v) is 3.70. The molecule has 178 valence electrons. The lowest BCUT2D eigenvalue weighted by Crippen LogP contribution is -2.43. The molecule has 0 radical (unpaired) electrons. The normalized spacial score (nSPS) is 13.3. The summed E-state index contributed by atoms with van der Waals surface area (Å²) in [6, 6.07) is 19.6. The molecular weight excluding hydrogens is 452 g/mol. The van der Waals surface area contributed by atoms with Gasteiger partial charge in [-0.15, -0.1) is 0 Å². The number of hydrogen-bond acceptors (Lipinski definition) is 6. The van der Waals surface area contributed by atoms with E-state index in [0.29, 0.717) is 0 Å². The number of nitro benzene ring substituents is 1. The molecule has 3 aromatic rings. The van der Waals surface area contributed by atoms with Gasteiger partial charge in [-0.3, -0.25) is 29.4 Å². The van der Waals surface area contributed by atoms with Gasteiger partial charge in [0.25, 0.3) is 17.5 Å². The number of rotatable bonds is 7. The molecule has 1 unspecified atom stereocenters. The van der Waals surface area contributed by atoms with Crippen molar-refractivity contribution in [2.45, 2.75) is 13.0 Å². The van der Waals surface area contributed by atoms with E-state index in [1.54, 1.807) is 24.3 Å². The number of fused-ring (bicyclic) bond motifs is 1. The highest BCUT2D eigenvalue weighted by molar-refractivity contribution is 6.08. The Morgan fingerprint density at radius 1 is 1.09 bits per heavy atom. The summed E-state index contributed by atoms with van der Waals surface area (Å²) in [6.45, 7) is 1.15. The van der Waals surface area contributed by atoms with E-state index in [0.717, 1.165) is 10.5 Å². The maximum Gasteiger partial charge on any atom is 0.271 e. The molecule has 0 fully saturated rings. The van der Waals surface area contributed by atoms with E-state index in [9.17, 15) is 24.5 Å². The van der Waals surface area contributed by atoms with Crippen molar-refractivity contribution in [3.05, 3.63) is 94.0 Å². The molecule has 2 N–H and O–H groups in total. The Hall–Kier alpha value is -4.73. The van der Waals surface area contributed by atoms with Crippen LogP contribution >= 0.6 is 0 Å². The van der Waals surface area contributed by atoms with E-state index in [2.05, 4.69) is 10.6 Å². The Labute approximate surface area is 200 Å². The van der Waals surface area contributed by atoms with Crippen LogP contribution in [0.3, 0.4) is 0 Å². The Bertz CT molecular complexity index is 1290. The topological polar surface area (TPSA) is 131 Å². The van der Waals surface area contributed by atoms with Gasteiger partial charge >= 0.3 is 0 Å². The third-order valence-electron chi connectivity index (χ3n) is 5.49. The molecule has 0 aliphatic carbocycles. The summed E-state index contributed by atoms with van der Waals surface area (Å²) in [5, 5.41) is 16.7. The third-order valence-corrected chi connectivity index (χ3v) is 5.49. The molecule has 35 heavy (non-hydrogen) atoms. The molecule has 0 aromatic heterocycles. The number of non-ortho nitro benzene ring substituents is 1. The van der Waals surface area contributed by atoms with Crippen molar-refractivity contribution in [3.8, 4) is 5.75 Å². The van der Waals surface area contributed by atoms with Crippen molar-refractivity contribution in [3.63, 3.8) is 0 Å². The van der Waals surface area contributed by atoms with Gasteiger partial charge in [0.2, 0.25) is 5.91 Å². The highest BCUT2D eigenvalue weighted by atomic mass is 16.6. The SMILES string of the molecule is CC(NC(=O)c1ccccc1NC(=O)CN1C(=O)COc2ccc([N+](=O)[O-])cc21)c1ccccc1. The molecule has 0 bridgehead atoms. The highest BCUT2D eigenvalue weighted by Crippen LogP contribution is 2.35. The van der Waals surface area contributed by atoms with E-state index >= 15 is 0 Å². The van der Waals surface area contributed by atoms with Crippen molar-refractivity contribution in [1.29, 1.82) is 0 Å². The summed E-state index contributed by atoms with van der Waals surface area (Å²) in [5.41, 5.74) is 1.36. The van der Waals surface area contributed by atoms with Crippen LogP contribution in [0.15, 0.2) is 72.8 Å². The molecule has 1 aliphatic rings. The number of nitro groups is 1. The van der Waals surface area contributed by atoms with Crippen molar-refractivity contribution in [2.24, 2.45) is 0 Å². The number of carbonyl (C=O) groups excluding carboxylic acids is 3. The molecule has 4 rings (SSSR count). The lowest BCUT2D eigenvalue weighted by molar-refractivity contribution is -0.384. The number of nitrogens with one attached hydrogen (secondary N) is 2. The summed E-state index contributed by atoms with van der Waals surface area (Å²) in [5.74, 6) is -1.21. The maximum absolute atomic E-state index is 12.9. The van der Waals surface area contributed by atoms with Crippen LogP contribution in [-0.4, -0.2) is 35.8 Å². The minimum atomic E-state index is -0.594. The van der Waals surface area contributed by atoms with Gasteiger partial charge in [0.05, 0.1) is 27.9 Å². The second-order valence-electron chi connectivity index (χ2n) is 7.88. The Morgan fingerprint density at radius 3 is 2.54 bits per heavy atom. The van der Waals surface area contributed by atoms with Crippen LogP contribution in [0.1, 0.15) is 28.9 Å². The van der Waals surface area contributed by atoms with Crippen LogP contribution in [0.2, 0.25) is 0 Å². The third kappa shape index (κ3) is 5.27. The summed E-state index contributed by atoms with van der Waals surface area (Å²) in [7, 11) is 0. The van der Waals surface area contributed by atoms with E-state index in [1.807, 2.05) is 37.3 Å². The number of anilines is 2. The van der Waals surface area contributed by atoms with Gasteiger partial charge in [0, 0.05) is 12.1 Å². The lowest BCUT2D eigenvalue weighted by atomic mass is 10.1. The fourth-order valence-electron chi connectivity index (χ4n) is 3.70. The van der Waals surface area contributed by atoms with Crippen molar-refractivity contribution in [1.82, 2.24) is 5.32 Å². The maximum atomic E-state index is 12.9. The molecule has 10 heteroatoms. The first-order chi connectivity index (χ1) is 16.8. The summed E-state index contributed by atoms with van der Waals surface area (Å²) >= 11 is 0. The zero-order valence-electron chi connectivity index (χ0n) is 18.8. The average molecular weight is 474 g/mol. The Balaban J connectivity index is 1.50. The molecular formula is C25H22N4O6. The van der Waals surface area contributed by atoms with Gasteiger partial charge in [-0.1, -0.05) is 42.5 Å². The van der Waals surface area contributed by atoms with Crippen molar-refractivity contribution >= 4 is 34.8 Å². The largest absolute Gasteiger partial charge is 0.482 e. The molecule has 3 aromatic carbocycles. The van der Waals surface area contributed by atoms with Crippen LogP contribution in [0, 0.1) is 10.1 Å². The quantitative estimate of drug-likeness (QED) is 0.398. The van der Waals surface area contributed by atoms with E-state index < -0.39 is 23.3 Å². The first-order valence-corrected chi connectivity index (χ1v) is 10.8. The molecule has 1 heterocycles. The van der Waals surface area contributed by atoms with Crippen LogP contribution in [0.25, 0.3) is 0 Å². The van der Waals surface area contributed by atoms with E-state index in [1.165, 1.54) is 18.2 Å². The summed E-state index contributed by atoms with van der Waals surface area (Å²) in [4.78, 5) is 49.9. The average Bonchev–Trinajstić information content (AvgIpc) is 2.86. The monoisotopic (exact) mass is 474 g/mol. The van der Waals surface area contributed by atoms with E-state index in [-0.39, 0.29) is 46.9 Å². The van der Waals surface area contributed by atoms with Crippen LogP contribution in [-0.2, 0) is 9.59 Å². The molecule has 0 spiro atoms. The highest BCUT2D eigenvalue weighted by Gasteiger charge is 2.29. The zero-order chi connectivity index (χ0) is 24.9. The predicted octanol–water partition coefficient (Wildman–Crippen LogP) is 3.45. The van der Waals surface area contributed by atoms with Gasteiger partial charge in [0.1, 0.15) is 12.3 Å². The minimum Gasteiger partial charge on any atom is -0.482 e. The molecule has 10 nitrogen and oxygen atoms in total. The number of amides is 3. The molecule has 1 aliphatic heterocycles. The number of nitrogens with zero attached hydrogens (tertiary/aromatic N) is 2. The second kappa shape index (κ2) is 10.0. The van der Waals surface area contributed by atoms with Crippen molar-refractivity contribution in [2.75, 3.05) is 23.4 Å². The van der Waals surface area contributed by atoms with Gasteiger partial charge in [0.15, 0.2) is 6.61 Å². The summed E-state index contributed by atoms with van der Waals surface area (Å²) < 4.78 is 5.33. The van der Waals surface area contributed by atoms with Crippen LogP contribution < -0.4 is 20.3 Å². The van der Waals surface area contributed by atoms with E-state index in [4.69, 9.17) is 4.74 Å². The smallest absolute Gasteiger partial charge is 0.271 e. The molecule has 3 amide bonds. The number of ether oxygens (including phenoxy) is 1. The zero-order valence-corrected chi connectivity index (χ0v) is 18.8. The molecule has 0 saturated heterocycles. The number of carbonyl (C=O) groups is 3. The minimum absolute atomic E-state index is 0.133. The number of para-hydroxylation sites is 1. The predicted molar refractivity (Wildman–Crippen MR) is 128 cm³/mol. The second-order valence-corrected chi connectivity index (χ2v) is 7.88. The van der Waals surface area contributed by atoms with Crippen LogP contribution in [0.4, 0.5) is 17.1 Å². The molecule has 1 atom stereocenters. The van der Waals surface area contributed by atoms with Gasteiger partial charge < -0.3 is 15.4 Å². The Kier molecular flexibility index (Phi) is 6.72. The number of benzene rings is 3. The molecule has 0 saturated carbocycles. The first kappa shape index (κ1) is 23.4. The van der Waals surface area contributed by atoms with Crippen molar-refractivity contribution < 1.29 is 24.0 Å². The Morgan fingerprint density at radius 2 is 1.80 bits per heavy atom. The fraction of sp³-hybridized carbons (Fsp3) is 0.160. The first-order valence-electron chi connectivity index (χ1n) is 10.8. The van der Waals surface area contributed by atoms with Gasteiger partial charge in [-0.2, -0.15) is 0 Å². The summed E-state index contributed by atoms with van der Waals surface area (Å²) in [6.07, 6.45) is 0. The lowest BCUT2D eigenvalue weighted by Gasteiger charge is -2.28.